The molecule has 110 valence electrons. The molecule has 1 aliphatic carbocycles. The number of hydrogen-bond donors (Lipinski definition) is 0. The van der Waals surface area contributed by atoms with E-state index in [2.05, 4.69) is 30.1 Å². The van der Waals surface area contributed by atoms with E-state index >= 15 is 0 Å². The molecule has 0 saturated heterocycles. The fourth-order valence-electron chi connectivity index (χ4n) is 2.89. The number of carbonyl (C=O) groups excluding carboxylic acids is 1. The fraction of sp³-hybridized carbons (Fsp3) is 0.412. The van der Waals surface area contributed by atoms with E-state index in [9.17, 15) is 4.79 Å². The van der Waals surface area contributed by atoms with Gasteiger partial charge in [-0.2, -0.15) is 0 Å². The number of imidazole rings is 1. The number of hydrogen-bond acceptors (Lipinski definition) is 3. The minimum Gasteiger partial charge on any atom is -0.466 e. The molecule has 1 aliphatic rings. The molecule has 1 fully saturated rings. The standard InChI is InChI=1S/C17H20N2O2/c1-3-21-17(20)16-9-15(16)14-5-4-13(8-12(14)2)10-19-7-6-18-11-19/h4-8,11,15-16H,3,9-10H2,1-2H3. The lowest BCUT2D eigenvalue weighted by Gasteiger charge is -2.09. The van der Waals surface area contributed by atoms with Crippen molar-refractivity contribution in [1.29, 1.82) is 0 Å². The van der Waals surface area contributed by atoms with Crippen molar-refractivity contribution < 1.29 is 9.53 Å². The van der Waals surface area contributed by atoms with Gasteiger partial charge in [-0.05, 0) is 42.9 Å². The zero-order chi connectivity index (χ0) is 14.8. The number of carbonyl (C=O) groups is 1. The van der Waals surface area contributed by atoms with Gasteiger partial charge in [0.25, 0.3) is 0 Å². The van der Waals surface area contributed by atoms with Crippen LogP contribution in [0.5, 0.6) is 0 Å². The number of aromatic nitrogens is 2. The molecule has 2 atom stereocenters. The highest BCUT2D eigenvalue weighted by atomic mass is 16.5. The van der Waals surface area contributed by atoms with Crippen LogP contribution in [-0.4, -0.2) is 22.1 Å². The smallest absolute Gasteiger partial charge is 0.309 e. The number of esters is 1. The number of nitrogens with zero attached hydrogens (tertiary/aromatic N) is 2. The molecule has 1 saturated carbocycles. The average Bonchev–Trinajstić information content (AvgIpc) is 3.08. The van der Waals surface area contributed by atoms with Crippen LogP contribution in [0.4, 0.5) is 0 Å². The van der Waals surface area contributed by atoms with Gasteiger partial charge in [-0.15, -0.1) is 0 Å². The molecule has 1 aromatic heterocycles. The third-order valence-corrected chi connectivity index (χ3v) is 4.04. The molecular formula is C17H20N2O2. The maximum Gasteiger partial charge on any atom is 0.309 e. The fourth-order valence-corrected chi connectivity index (χ4v) is 2.89. The summed E-state index contributed by atoms with van der Waals surface area (Å²) in [6, 6.07) is 6.50. The third kappa shape index (κ3) is 2.99. The Morgan fingerprint density at radius 2 is 2.33 bits per heavy atom. The summed E-state index contributed by atoms with van der Waals surface area (Å²) in [5, 5.41) is 0. The molecule has 3 rings (SSSR count). The number of aryl methyl sites for hydroxylation is 1. The Hall–Kier alpha value is -2.10. The van der Waals surface area contributed by atoms with Gasteiger partial charge in [-0.25, -0.2) is 4.98 Å². The van der Waals surface area contributed by atoms with Crippen LogP contribution < -0.4 is 0 Å². The van der Waals surface area contributed by atoms with Crippen LogP contribution in [-0.2, 0) is 16.1 Å². The van der Waals surface area contributed by atoms with Crippen LogP contribution in [0.25, 0.3) is 0 Å². The van der Waals surface area contributed by atoms with E-state index in [-0.39, 0.29) is 11.9 Å². The minimum atomic E-state index is -0.0515. The van der Waals surface area contributed by atoms with Crippen molar-refractivity contribution in [1.82, 2.24) is 9.55 Å². The van der Waals surface area contributed by atoms with Crippen LogP contribution in [0.2, 0.25) is 0 Å². The Bertz CT molecular complexity index is 634. The molecule has 1 heterocycles. The lowest BCUT2D eigenvalue weighted by molar-refractivity contribution is -0.144. The molecule has 0 spiro atoms. The first-order valence-electron chi connectivity index (χ1n) is 7.41. The second-order valence-electron chi connectivity index (χ2n) is 5.63. The van der Waals surface area contributed by atoms with Crippen LogP contribution in [0.15, 0.2) is 36.9 Å². The molecule has 0 aliphatic heterocycles. The van der Waals surface area contributed by atoms with Crippen LogP contribution in [0.3, 0.4) is 0 Å². The largest absolute Gasteiger partial charge is 0.466 e. The Kier molecular flexibility index (Phi) is 3.78. The Balaban J connectivity index is 1.70. The highest BCUT2D eigenvalue weighted by molar-refractivity contribution is 5.77. The van der Waals surface area contributed by atoms with Gasteiger partial charge in [0.15, 0.2) is 0 Å². The summed E-state index contributed by atoms with van der Waals surface area (Å²) in [5.74, 6) is 0.346. The van der Waals surface area contributed by atoms with Crippen molar-refractivity contribution in [3.05, 3.63) is 53.6 Å². The zero-order valence-corrected chi connectivity index (χ0v) is 12.5. The van der Waals surface area contributed by atoms with Crippen molar-refractivity contribution in [2.75, 3.05) is 6.61 Å². The maximum atomic E-state index is 11.7. The summed E-state index contributed by atoms with van der Waals surface area (Å²) in [7, 11) is 0. The van der Waals surface area contributed by atoms with E-state index < -0.39 is 0 Å². The van der Waals surface area contributed by atoms with Gasteiger partial charge in [0.1, 0.15) is 0 Å². The number of benzene rings is 1. The first kappa shape index (κ1) is 13.9. The van der Waals surface area contributed by atoms with Crippen molar-refractivity contribution in [2.45, 2.75) is 32.7 Å². The van der Waals surface area contributed by atoms with E-state index in [1.807, 2.05) is 24.0 Å². The van der Waals surface area contributed by atoms with Crippen LogP contribution in [0, 0.1) is 12.8 Å². The molecule has 0 radical (unpaired) electrons. The van der Waals surface area contributed by atoms with E-state index in [1.54, 1.807) is 6.20 Å². The molecule has 21 heavy (non-hydrogen) atoms. The van der Waals surface area contributed by atoms with E-state index in [1.165, 1.54) is 16.7 Å². The van der Waals surface area contributed by atoms with E-state index in [0.29, 0.717) is 12.5 Å². The second kappa shape index (κ2) is 5.72. The van der Waals surface area contributed by atoms with Gasteiger partial charge in [0.2, 0.25) is 0 Å². The lowest BCUT2D eigenvalue weighted by Crippen LogP contribution is -2.07. The number of rotatable bonds is 5. The monoisotopic (exact) mass is 284 g/mol. The van der Waals surface area contributed by atoms with E-state index in [4.69, 9.17) is 4.74 Å². The maximum absolute atomic E-state index is 11.7. The molecule has 2 aromatic rings. The first-order chi connectivity index (χ1) is 10.2. The SMILES string of the molecule is CCOC(=O)C1CC1c1ccc(Cn2ccnc2)cc1C. The van der Waals surface area contributed by atoms with E-state index in [0.717, 1.165) is 13.0 Å². The van der Waals surface area contributed by atoms with Crippen molar-refractivity contribution in [3.63, 3.8) is 0 Å². The predicted molar refractivity (Wildman–Crippen MR) is 80.0 cm³/mol. The van der Waals surface area contributed by atoms with Crippen molar-refractivity contribution >= 4 is 5.97 Å². The molecule has 2 unspecified atom stereocenters. The first-order valence-corrected chi connectivity index (χ1v) is 7.41. The molecule has 1 aromatic carbocycles. The summed E-state index contributed by atoms with van der Waals surface area (Å²) in [6.07, 6.45) is 6.48. The van der Waals surface area contributed by atoms with Gasteiger partial charge >= 0.3 is 5.97 Å². The van der Waals surface area contributed by atoms with Gasteiger partial charge in [-0.3, -0.25) is 4.79 Å². The zero-order valence-electron chi connectivity index (χ0n) is 12.5. The highest BCUT2D eigenvalue weighted by Crippen LogP contribution is 2.49. The normalized spacial score (nSPS) is 20.3. The summed E-state index contributed by atoms with van der Waals surface area (Å²) in [4.78, 5) is 15.8. The molecule has 0 bridgehead atoms. The Labute approximate surface area is 124 Å². The van der Waals surface area contributed by atoms with Gasteiger partial charge in [-0.1, -0.05) is 18.2 Å². The quantitative estimate of drug-likeness (QED) is 0.793. The molecular weight excluding hydrogens is 264 g/mol. The van der Waals surface area contributed by atoms with Gasteiger partial charge < -0.3 is 9.30 Å². The third-order valence-electron chi connectivity index (χ3n) is 4.04. The molecule has 0 N–H and O–H groups in total. The summed E-state index contributed by atoms with van der Waals surface area (Å²) < 4.78 is 7.15. The highest BCUT2D eigenvalue weighted by Gasteiger charge is 2.45. The van der Waals surface area contributed by atoms with Crippen molar-refractivity contribution in [2.24, 2.45) is 5.92 Å². The number of ether oxygens (including phenoxy) is 1. The van der Waals surface area contributed by atoms with Gasteiger partial charge in [0.05, 0.1) is 18.9 Å². The Morgan fingerprint density at radius 1 is 1.48 bits per heavy atom. The molecule has 4 heteroatoms. The van der Waals surface area contributed by atoms with Gasteiger partial charge in [0, 0.05) is 18.9 Å². The lowest BCUT2D eigenvalue weighted by atomic mass is 10.0. The van der Waals surface area contributed by atoms with Crippen LogP contribution >= 0.6 is 0 Å². The summed E-state index contributed by atoms with van der Waals surface area (Å²) >= 11 is 0. The summed E-state index contributed by atoms with van der Waals surface area (Å²) in [5.41, 5.74) is 3.79. The molecule has 0 amide bonds. The predicted octanol–water partition coefficient (Wildman–Crippen LogP) is 2.91. The average molecular weight is 284 g/mol. The minimum absolute atomic E-state index is 0.0515. The topological polar surface area (TPSA) is 44.1 Å². The summed E-state index contributed by atoms with van der Waals surface area (Å²) in [6.45, 7) is 5.26. The van der Waals surface area contributed by atoms with Crippen LogP contribution in [0.1, 0.15) is 36.0 Å². The molecule has 4 nitrogen and oxygen atoms in total. The second-order valence-corrected chi connectivity index (χ2v) is 5.63. The Morgan fingerprint density at radius 3 is 3.00 bits per heavy atom. The van der Waals surface area contributed by atoms with Crippen molar-refractivity contribution in [3.8, 4) is 0 Å².